The number of carbonyl (C=O) groups is 1. The molecule has 24 heavy (non-hydrogen) atoms. The molecule has 1 saturated heterocycles. The largest absolute Gasteiger partial charge is 0.368 e. The molecule has 0 radical (unpaired) electrons. The summed E-state index contributed by atoms with van der Waals surface area (Å²) in [4.78, 5) is 29.6. The van der Waals surface area contributed by atoms with Crippen molar-refractivity contribution in [3.8, 4) is 0 Å². The normalized spacial score (nSPS) is 15.0. The average Bonchev–Trinajstić information content (AvgIpc) is 3.11. The number of fused-ring (bicyclic) bond motifs is 1. The smallest absolute Gasteiger partial charge is 0.267 e. The summed E-state index contributed by atoms with van der Waals surface area (Å²) in [6.45, 7) is 3.40. The van der Waals surface area contributed by atoms with E-state index in [-0.39, 0.29) is 0 Å². The maximum absolute atomic E-state index is 11.3. The lowest BCUT2D eigenvalue weighted by Crippen LogP contribution is -2.47. The molecular weight excluding hydrogens is 324 g/mol. The van der Waals surface area contributed by atoms with Crippen molar-refractivity contribution in [3.63, 3.8) is 0 Å². The predicted octanol–water partition coefficient (Wildman–Crippen LogP) is 1.51. The van der Waals surface area contributed by atoms with Crippen LogP contribution in [0.25, 0.3) is 10.2 Å². The molecule has 0 atom stereocenters. The van der Waals surface area contributed by atoms with Gasteiger partial charge in [-0.15, -0.1) is 11.3 Å². The molecule has 0 aromatic carbocycles. The van der Waals surface area contributed by atoms with Gasteiger partial charge in [-0.2, -0.15) is 0 Å². The first-order chi connectivity index (χ1) is 11.7. The minimum absolute atomic E-state index is 0.297. The highest BCUT2D eigenvalue weighted by atomic mass is 32.1. The van der Waals surface area contributed by atoms with Crippen LogP contribution < -0.4 is 15.5 Å². The van der Waals surface area contributed by atoms with Crippen molar-refractivity contribution in [3.05, 3.63) is 41.8 Å². The number of hydrogen-bond donors (Lipinski definition) is 1. The van der Waals surface area contributed by atoms with Gasteiger partial charge in [0.15, 0.2) is 0 Å². The number of nitrogens with zero attached hydrogens (tertiary/aromatic N) is 5. The minimum Gasteiger partial charge on any atom is -0.368 e. The fourth-order valence-corrected chi connectivity index (χ4v) is 3.68. The molecule has 8 heteroatoms. The number of aromatic nitrogens is 3. The SMILES string of the molecule is NC(=O)c1cc(N2CCN(c3ncnc4sccc34)CC2)ccn1. The number of hydrogen-bond acceptors (Lipinski definition) is 7. The van der Waals surface area contributed by atoms with Crippen molar-refractivity contribution in [2.24, 2.45) is 5.73 Å². The Kier molecular flexibility index (Phi) is 3.73. The van der Waals surface area contributed by atoms with E-state index >= 15 is 0 Å². The Labute approximate surface area is 142 Å². The molecule has 1 aliphatic rings. The van der Waals surface area contributed by atoms with E-state index in [0.717, 1.165) is 47.9 Å². The Bertz CT molecular complexity index is 887. The van der Waals surface area contributed by atoms with Crippen molar-refractivity contribution in [2.75, 3.05) is 36.0 Å². The van der Waals surface area contributed by atoms with E-state index in [1.54, 1.807) is 29.9 Å². The zero-order valence-electron chi connectivity index (χ0n) is 12.9. The first kappa shape index (κ1) is 14.8. The van der Waals surface area contributed by atoms with Crippen molar-refractivity contribution < 1.29 is 4.79 Å². The minimum atomic E-state index is -0.503. The van der Waals surface area contributed by atoms with Crippen LogP contribution in [0.5, 0.6) is 0 Å². The topological polar surface area (TPSA) is 88.2 Å². The molecule has 0 aliphatic carbocycles. The van der Waals surface area contributed by atoms with Crippen LogP contribution in [0.3, 0.4) is 0 Å². The molecule has 4 rings (SSSR count). The van der Waals surface area contributed by atoms with Crippen molar-refractivity contribution in [1.82, 2.24) is 15.0 Å². The number of pyridine rings is 1. The predicted molar refractivity (Wildman–Crippen MR) is 94.6 cm³/mol. The first-order valence-electron chi connectivity index (χ1n) is 7.66. The van der Waals surface area contributed by atoms with E-state index in [9.17, 15) is 4.79 Å². The molecule has 1 amide bonds. The molecule has 0 spiro atoms. The van der Waals surface area contributed by atoms with Crippen LogP contribution in [0, 0.1) is 0 Å². The lowest BCUT2D eigenvalue weighted by molar-refractivity contribution is 0.0995. The quantitative estimate of drug-likeness (QED) is 0.777. The third-order valence-electron chi connectivity index (χ3n) is 4.18. The zero-order valence-corrected chi connectivity index (χ0v) is 13.7. The lowest BCUT2D eigenvalue weighted by Gasteiger charge is -2.36. The maximum Gasteiger partial charge on any atom is 0.267 e. The molecule has 7 nitrogen and oxygen atoms in total. The lowest BCUT2D eigenvalue weighted by atomic mass is 10.2. The van der Waals surface area contributed by atoms with Gasteiger partial charge in [0, 0.05) is 38.1 Å². The van der Waals surface area contributed by atoms with Crippen molar-refractivity contribution in [2.45, 2.75) is 0 Å². The molecule has 0 bridgehead atoms. The van der Waals surface area contributed by atoms with Gasteiger partial charge in [0.05, 0.1) is 5.39 Å². The van der Waals surface area contributed by atoms with Crippen molar-refractivity contribution in [1.29, 1.82) is 0 Å². The molecule has 3 aromatic rings. The van der Waals surface area contributed by atoms with Gasteiger partial charge in [0.2, 0.25) is 0 Å². The van der Waals surface area contributed by atoms with E-state index in [4.69, 9.17) is 5.73 Å². The van der Waals surface area contributed by atoms with Crippen LogP contribution in [0.2, 0.25) is 0 Å². The van der Waals surface area contributed by atoms with Crippen LogP contribution in [0.4, 0.5) is 11.5 Å². The molecule has 0 saturated carbocycles. The molecule has 1 fully saturated rings. The van der Waals surface area contributed by atoms with E-state index in [0.29, 0.717) is 5.69 Å². The molecule has 3 aromatic heterocycles. The second-order valence-electron chi connectivity index (χ2n) is 5.57. The molecule has 0 unspecified atom stereocenters. The zero-order chi connectivity index (χ0) is 16.5. The van der Waals surface area contributed by atoms with Crippen LogP contribution in [-0.4, -0.2) is 47.0 Å². The summed E-state index contributed by atoms with van der Waals surface area (Å²) in [6.07, 6.45) is 3.25. The highest BCUT2D eigenvalue weighted by molar-refractivity contribution is 7.16. The molecule has 122 valence electrons. The summed E-state index contributed by atoms with van der Waals surface area (Å²) in [5, 5.41) is 3.15. The summed E-state index contributed by atoms with van der Waals surface area (Å²) >= 11 is 1.63. The summed E-state index contributed by atoms with van der Waals surface area (Å²) in [6, 6.07) is 5.73. The van der Waals surface area contributed by atoms with E-state index in [2.05, 4.69) is 30.8 Å². The number of carbonyl (C=O) groups excluding carboxylic acids is 1. The number of thiophene rings is 1. The first-order valence-corrected chi connectivity index (χ1v) is 8.54. The van der Waals surface area contributed by atoms with Crippen LogP contribution in [0.1, 0.15) is 10.5 Å². The molecule has 4 heterocycles. The fraction of sp³-hybridized carbons (Fsp3) is 0.250. The van der Waals surface area contributed by atoms with Gasteiger partial charge in [0.25, 0.3) is 5.91 Å². The van der Waals surface area contributed by atoms with Crippen LogP contribution in [-0.2, 0) is 0 Å². The van der Waals surface area contributed by atoms with Gasteiger partial charge < -0.3 is 15.5 Å². The van der Waals surface area contributed by atoms with E-state index in [1.807, 2.05) is 11.4 Å². The summed E-state index contributed by atoms with van der Waals surface area (Å²) in [7, 11) is 0. The van der Waals surface area contributed by atoms with Gasteiger partial charge in [-0.05, 0) is 23.6 Å². The van der Waals surface area contributed by atoms with Gasteiger partial charge >= 0.3 is 0 Å². The number of amides is 1. The Balaban J connectivity index is 1.52. The second-order valence-corrected chi connectivity index (χ2v) is 6.47. The monoisotopic (exact) mass is 340 g/mol. The Morgan fingerprint density at radius 2 is 1.88 bits per heavy atom. The molecule has 2 N–H and O–H groups in total. The molecular formula is C16H16N6OS. The highest BCUT2D eigenvalue weighted by Crippen LogP contribution is 2.28. The second kappa shape index (κ2) is 6.04. The summed E-state index contributed by atoms with van der Waals surface area (Å²) in [5.41, 5.74) is 6.58. The number of nitrogens with two attached hydrogens (primary N) is 1. The Hall–Kier alpha value is -2.74. The van der Waals surface area contributed by atoms with Gasteiger partial charge in [-0.3, -0.25) is 9.78 Å². The summed E-state index contributed by atoms with van der Waals surface area (Å²) < 4.78 is 0. The maximum atomic E-state index is 11.3. The van der Waals surface area contributed by atoms with E-state index < -0.39 is 5.91 Å². The highest BCUT2D eigenvalue weighted by Gasteiger charge is 2.21. The average molecular weight is 340 g/mol. The number of piperazine rings is 1. The van der Waals surface area contributed by atoms with Gasteiger partial charge in [-0.1, -0.05) is 0 Å². The number of anilines is 2. The van der Waals surface area contributed by atoms with Crippen LogP contribution >= 0.6 is 11.3 Å². The third-order valence-corrected chi connectivity index (χ3v) is 5.00. The summed E-state index contributed by atoms with van der Waals surface area (Å²) in [5.74, 6) is 0.491. The van der Waals surface area contributed by atoms with Crippen LogP contribution in [0.15, 0.2) is 36.1 Å². The standard InChI is InChI=1S/C16H16N6OS/c17-14(23)13-9-11(1-3-18-13)21-4-6-22(7-5-21)15-12-2-8-24-16(12)20-10-19-15/h1-3,8-10H,4-7H2,(H2,17,23). The number of primary amides is 1. The fourth-order valence-electron chi connectivity index (χ4n) is 2.96. The van der Waals surface area contributed by atoms with E-state index in [1.165, 1.54) is 0 Å². The number of rotatable bonds is 3. The van der Waals surface area contributed by atoms with Crippen molar-refractivity contribution >= 4 is 39.0 Å². The molecule has 1 aliphatic heterocycles. The third kappa shape index (κ3) is 2.65. The van der Waals surface area contributed by atoms with Gasteiger partial charge in [0.1, 0.15) is 22.7 Å². The Morgan fingerprint density at radius 1 is 1.08 bits per heavy atom. The Morgan fingerprint density at radius 3 is 2.67 bits per heavy atom. The van der Waals surface area contributed by atoms with Gasteiger partial charge in [-0.25, -0.2) is 9.97 Å².